The number of methoxy groups -OCH3 is 3. The van der Waals surface area contributed by atoms with Gasteiger partial charge in [-0.2, -0.15) is 0 Å². The number of carbonyl (C=O) groups excluding carboxylic acids is 4. The van der Waals surface area contributed by atoms with Crippen LogP contribution in [0.1, 0.15) is 154 Å². The fourth-order valence-corrected chi connectivity index (χ4v) is 13.5. The summed E-state index contributed by atoms with van der Waals surface area (Å²) in [5.41, 5.74) is 0.189. The van der Waals surface area contributed by atoms with Crippen LogP contribution in [0.25, 0.3) is 0 Å². The van der Waals surface area contributed by atoms with Crippen LogP contribution >= 0.6 is 0 Å². The molecule has 3 aliphatic heterocycles. The number of aliphatic hydroxyl groups is 1. The Morgan fingerprint density at radius 1 is 0.803 bits per heavy atom. The third kappa shape index (κ3) is 15.3. The van der Waals surface area contributed by atoms with E-state index in [4.69, 9.17) is 32.5 Å². The third-order valence-corrected chi connectivity index (χ3v) is 26.5. The lowest BCUT2D eigenvalue weighted by Crippen LogP contribution is -2.56. The van der Waals surface area contributed by atoms with E-state index in [0.717, 1.165) is 30.4 Å². The Balaban J connectivity index is 1.85. The molecule has 1 spiro atoms. The van der Waals surface area contributed by atoms with Crippen molar-refractivity contribution in [3.8, 4) is 0 Å². The van der Waals surface area contributed by atoms with Gasteiger partial charge in [-0.05, 0) is 132 Å². The van der Waals surface area contributed by atoms with Gasteiger partial charge < -0.3 is 42.5 Å². The smallest absolute Gasteiger partial charge is 0.329 e. The van der Waals surface area contributed by atoms with E-state index in [2.05, 4.69) is 93.7 Å². The normalized spacial score (nSPS) is 36.5. The van der Waals surface area contributed by atoms with Gasteiger partial charge in [0.05, 0.1) is 37.1 Å². The Bertz CT molecular complexity index is 1870. The van der Waals surface area contributed by atoms with Crippen LogP contribution in [0.15, 0.2) is 23.3 Å². The molecule has 0 bridgehead atoms. The first-order valence-corrected chi connectivity index (χ1v) is 32.9. The van der Waals surface area contributed by atoms with Crippen LogP contribution in [-0.4, -0.2) is 139 Å². The van der Waals surface area contributed by atoms with Crippen molar-refractivity contribution in [3.63, 3.8) is 0 Å². The van der Waals surface area contributed by atoms with Crippen LogP contribution in [0.5, 0.6) is 0 Å². The maximum absolute atomic E-state index is 15.0. The Hall–Kier alpha value is -2.09. The number of amides is 1. The average molecular weight is 1030 g/mol. The number of Topliss-reactive ketones (excluding diaryl/α,β-unsaturated/α-hetero) is 2. The highest BCUT2D eigenvalue weighted by Gasteiger charge is 2.63. The molecule has 3 fully saturated rings. The van der Waals surface area contributed by atoms with Gasteiger partial charge in [0.1, 0.15) is 24.0 Å². The molecule has 71 heavy (non-hydrogen) atoms. The van der Waals surface area contributed by atoms with Crippen LogP contribution in [0.4, 0.5) is 0 Å². The fraction of sp³-hybridized carbons (Fsp3) is 0.857. The first-order chi connectivity index (χ1) is 32.9. The number of hydrogen-bond acceptors (Lipinski definition) is 12. The number of cyclic esters (lactones) is 1. The van der Waals surface area contributed by atoms with Crippen molar-refractivity contribution in [2.24, 2.45) is 29.6 Å². The van der Waals surface area contributed by atoms with Crippen molar-refractivity contribution >= 4 is 40.1 Å². The molecule has 14 atom stereocenters. The van der Waals surface area contributed by atoms with Crippen molar-refractivity contribution in [3.05, 3.63) is 23.3 Å². The second kappa shape index (κ2) is 25.2. The molecular formula is C56H99NO12Si2. The highest BCUT2D eigenvalue weighted by atomic mass is 28.4. The highest BCUT2D eigenvalue weighted by Crippen LogP contribution is 2.43. The van der Waals surface area contributed by atoms with Gasteiger partial charge in [-0.25, -0.2) is 4.79 Å². The van der Waals surface area contributed by atoms with E-state index in [9.17, 15) is 19.5 Å². The molecule has 1 N–H and O–H groups in total. The Morgan fingerprint density at radius 2 is 1.37 bits per heavy atom. The topological polar surface area (TPSA) is 160 Å². The number of hydrogen-bond donors (Lipinski definition) is 1. The predicted molar refractivity (Wildman–Crippen MR) is 285 cm³/mol. The van der Waals surface area contributed by atoms with Crippen LogP contribution in [0, 0.1) is 29.6 Å². The number of allylic oxidation sites excluding steroid dienone is 3. The summed E-state index contributed by atoms with van der Waals surface area (Å²) in [5.74, 6) is -2.79. The predicted octanol–water partition coefficient (Wildman–Crippen LogP) is 10.6. The number of aliphatic hydroxyl groups excluding tert-OH is 1. The zero-order valence-corrected chi connectivity index (χ0v) is 49.7. The van der Waals surface area contributed by atoms with E-state index >= 15 is 4.79 Å². The maximum atomic E-state index is 15.0. The molecule has 0 aromatic heterocycles. The number of nitrogens with zero attached hydrogens (tertiary/aromatic N) is 1. The van der Waals surface area contributed by atoms with Gasteiger partial charge in [-0.1, -0.05) is 87.0 Å². The maximum Gasteiger partial charge on any atom is 0.329 e. The molecular weight excluding hydrogens is 935 g/mol. The molecule has 2 saturated heterocycles. The summed E-state index contributed by atoms with van der Waals surface area (Å²) in [7, 11) is 0.214. The number of ether oxygens (including phenoxy) is 5. The molecule has 0 aromatic carbocycles. The minimum atomic E-state index is -2.53. The SMILES string of the molecule is CC[C@@H]1/C=C(\C)C[C@H](C)C[C@H](OC)[C@H](O)[C@@H](OC)C[C@@H](C)C(=O)[C@@]2(CO2)C(=O)N2CCCC[C@H]2C(=O)O[C@H](/C(C)=C/[C@@H]2CC[C@@H](O[Si](C)(C)C(C)(C)C)[C@H](OC)C2)[C@H](C)[C@@H](O[Si](C)(C)C(C)(C)C)CC1=O. The van der Waals surface area contributed by atoms with Gasteiger partial charge >= 0.3 is 5.97 Å². The lowest BCUT2D eigenvalue weighted by Gasteiger charge is -2.44. The Labute approximate surface area is 431 Å². The fourth-order valence-electron chi connectivity index (χ4n) is 10.8. The molecule has 4 aliphatic rings. The highest BCUT2D eigenvalue weighted by molar-refractivity contribution is 6.74. The monoisotopic (exact) mass is 1030 g/mol. The van der Waals surface area contributed by atoms with Crippen molar-refractivity contribution in [1.29, 1.82) is 0 Å². The summed E-state index contributed by atoms with van der Waals surface area (Å²) in [5, 5.41) is 11.6. The minimum Gasteiger partial charge on any atom is -0.456 e. The number of fused-ring (bicyclic) bond motifs is 1. The van der Waals surface area contributed by atoms with E-state index in [1.165, 1.54) is 12.0 Å². The van der Waals surface area contributed by atoms with E-state index in [-0.39, 0.29) is 71.8 Å². The zero-order chi connectivity index (χ0) is 53.6. The third-order valence-electron chi connectivity index (χ3n) is 17.5. The van der Waals surface area contributed by atoms with E-state index < -0.39 is 88.3 Å². The van der Waals surface area contributed by atoms with E-state index in [1.807, 2.05) is 20.8 Å². The number of rotatable bonds is 10. The molecule has 0 aromatic rings. The molecule has 1 saturated carbocycles. The average Bonchev–Trinajstić information content (AvgIpc) is 4.11. The number of esters is 1. The lowest BCUT2D eigenvalue weighted by molar-refractivity contribution is -0.166. The van der Waals surface area contributed by atoms with Gasteiger partial charge in [-0.15, -0.1) is 0 Å². The lowest BCUT2D eigenvalue weighted by atomic mass is 9.81. The first kappa shape index (κ1) is 61.5. The first-order valence-electron chi connectivity index (χ1n) is 27.1. The quantitative estimate of drug-likeness (QED) is 0.0727. The van der Waals surface area contributed by atoms with Crippen LogP contribution in [0.3, 0.4) is 0 Å². The second-order valence-electron chi connectivity index (χ2n) is 25.2. The van der Waals surface area contributed by atoms with Crippen molar-refractivity contribution in [1.82, 2.24) is 4.90 Å². The molecule has 4 rings (SSSR count). The number of ketones is 2. The van der Waals surface area contributed by atoms with Crippen molar-refractivity contribution < 1.29 is 56.8 Å². The Morgan fingerprint density at radius 3 is 1.90 bits per heavy atom. The van der Waals surface area contributed by atoms with Crippen molar-refractivity contribution in [2.75, 3.05) is 34.5 Å². The standard InChI is InChI=1S/C56H99NO12Si2/c1-20-41-28-35(2)27-36(3)29-47(64-14)49(59)48(65-15)31-38(5)51(60)56(34-66-56)53(62)57-26-22-21-23-42(57)52(61)67-50(39(6)45(33-43(41)58)69-71(18,19)55(10,11)12)37(4)30-40-24-25-44(46(32-40)63-13)68-70(16,17)54(7,8)9/h28,30,36,38-42,44-50,59H,20-27,29,31-34H2,1-19H3/b35-28+,37-30+/t36-,38+,39+,40-,41+,42-,44+,45-,46+,47-,48-,49-,50+,56-/m0/s1. The summed E-state index contributed by atoms with van der Waals surface area (Å²) >= 11 is 0. The molecule has 408 valence electrons. The molecule has 3 heterocycles. The van der Waals surface area contributed by atoms with Crippen LogP contribution < -0.4 is 0 Å². The van der Waals surface area contributed by atoms with Crippen LogP contribution in [-0.2, 0) is 51.7 Å². The van der Waals surface area contributed by atoms with Gasteiger partial charge in [-0.3, -0.25) is 14.4 Å². The van der Waals surface area contributed by atoms with Crippen molar-refractivity contribution in [2.45, 2.75) is 244 Å². The summed E-state index contributed by atoms with van der Waals surface area (Å²) in [6.45, 7) is 34.4. The molecule has 1 aliphatic carbocycles. The van der Waals surface area contributed by atoms with E-state index in [0.29, 0.717) is 38.5 Å². The summed E-state index contributed by atoms with van der Waals surface area (Å²) in [4.78, 5) is 60.5. The van der Waals surface area contributed by atoms with Crippen LogP contribution in [0.2, 0.25) is 36.3 Å². The number of epoxide rings is 1. The summed E-state index contributed by atoms with van der Waals surface area (Å²) in [6.07, 6.45) is 6.57. The van der Waals surface area contributed by atoms with Gasteiger partial charge in [0.15, 0.2) is 22.4 Å². The molecule has 0 unspecified atom stereocenters. The number of carbonyl (C=O) groups is 4. The number of piperidine rings is 1. The minimum absolute atomic E-state index is 0.0230. The molecule has 15 heteroatoms. The summed E-state index contributed by atoms with van der Waals surface area (Å²) in [6, 6.07) is -0.956. The molecule has 13 nitrogen and oxygen atoms in total. The zero-order valence-electron chi connectivity index (χ0n) is 47.7. The largest absolute Gasteiger partial charge is 0.456 e. The van der Waals surface area contributed by atoms with E-state index in [1.54, 1.807) is 21.1 Å². The van der Waals surface area contributed by atoms with Gasteiger partial charge in [0.2, 0.25) is 5.60 Å². The second-order valence-corrected chi connectivity index (χ2v) is 34.7. The molecule has 0 radical (unpaired) electrons. The van der Waals surface area contributed by atoms with Gasteiger partial charge in [0.25, 0.3) is 5.91 Å². The summed E-state index contributed by atoms with van der Waals surface area (Å²) < 4.78 is 44.7. The molecule has 1 amide bonds. The Kier molecular flexibility index (Phi) is 21.8. The van der Waals surface area contributed by atoms with Gasteiger partial charge in [0, 0.05) is 52.0 Å².